The van der Waals surface area contributed by atoms with Gasteiger partial charge in [0.1, 0.15) is 0 Å². The molecular formula is C12H23Cl. The molecule has 1 heteroatoms. The third-order valence-corrected chi connectivity index (χ3v) is 3.90. The lowest BCUT2D eigenvalue weighted by molar-refractivity contribution is 0.265. The lowest BCUT2D eigenvalue weighted by Crippen LogP contribution is -2.14. The molecule has 0 aromatic rings. The highest BCUT2D eigenvalue weighted by Gasteiger charge is 2.19. The highest BCUT2D eigenvalue weighted by atomic mass is 35.5. The van der Waals surface area contributed by atoms with Gasteiger partial charge in [0.25, 0.3) is 0 Å². The molecule has 1 rings (SSSR count). The predicted octanol–water partition coefficient (Wildman–Crippen LogP) is 4.61. The van der Waals surface area contributed by atoms with E-state index in [1.165, 1.54) is 38.5 Å². The van der Waals surface area contributed by atoms with Crippen LogP contribution in [-0.2, 0) is 0 Å². The Balaban J connectivity index is 2.13. The summed E-state index contributed by atoms with van der Waals surface area (Å²) in [6.07, 6.45) is 9.54. The van der Waals surface area contributed by atoms with E-state index in [-0.39, 0.29) is 0 Å². The second kappa shape index (κ2) is 5.90. The zero-order chi connectivity index (χ0) is 9.68. The second-order valence-corrected chi connectivity index (χ2v) is 5.34. The van der Waals surface area contributed by atoms with E-state index in [9.17, 15) is 0 Å². The first-order chi connectivity index (χ1) is 6.22. The maximum atomic E-state index is 6.12. The Morgan fingerprint density at radius 3 is 2.77 bits per heavy atom. The van der Waals surface area contributed by atoms with Gasteiger partial charge in [-0.05, 0) is 37.5 Å². The molecule has 0 aliphatic heterocycles. The molecule has 1 aliphatic rings. The summed E-state index contributed by atoms with van der Waals surface area (Å²) >= 11 is 6.12. The van der Waals surface area contributed by atoms with Crippen molar-refractivity contribution >= 4 is 11.6 Å². The fourth-order valence-corrected chi connectivity index (χ4v) is 2.57. The van der Waals surface area contributed by atoms with Crippen LogP contribution in [0.1, 0.15) is 58.8 Å². The molecule has 3 unspecified atom stereocenters. The van der Waals surface area contributed by atoms with Crippen LogP contribution in [0.2, 0.25) is 0 Å². The van der Waals surface area contributed by atoms with Gasteiger partial charge < -0.3 is 0 Å². The second-order valence-electron chi connectivity index (χ2n) is 4.72. The van der Waals surface area contributed by atoms with Crippen molar-refractivity contribution in [1.29, 1.82) is 0 Å². The van der Waals surface area contributed by atoms with Gasteiger partial charge in [0.05, 0.1) is 0 Å². The van der Waals surface area contributed by atoms with Crippen molar-refractivity contribution in [1.82, 2.24) is 0 Å². The Bertz CT molecular complexity index is 133. The van der Waals surface area contributed by atoms with E-state index in [0.29, 0.717) is 5.38 Å². The van der Waals surface area contributed by atoms with E-state index in [1.807, 2.05) is 0 Å². The van der Waals surface area contributed by atoms with Crippen molar-refractivity contribution in [3.05, 3.63) is 0 Å². The monoisotopic (exact) mass is 202 g/mol. The first kappa shape index (κ1) is 11.4. The summed E-state index contributed by atoms with van der Waals surface area (Å²) in [5.74, 6) is 1.95. The maximum Gasteiger partial charge on any atom is 0.0333 e. The zero-order valence-corrected chi connectivity index (χ0v) is 9.82. The molecule has 78 valence electrons. The normalized spacial score (nSPS) is 31.6. The predicted molar refractivity (Wildman–Crippen MR) is 60.3 cm³/mol. The number of hydrogen-bond donors (Lipinski definition) is 0. The summed E-state index contributed by atoms with van der Waals surface area (Å²) in [4.78, 5) is 0. The summed E-state index contributed by atoms with van der Waals surface area (Å²) in [5.41, 5.74) is 0. The van der Waals surface area contributed by atoms with Crippen LogP contribution in [0.3, 0.4) is 0 Å². The van der Waals surface area contributed by atoms with Gasteiger partial charge in [-0.25, -0.2) is 0 Å². The third kappa shape index (κ3) is 4.35. The van der Waals surface area contributed by atoms with E-state index >= 15 is 0 Å². The largest absolute Gasteiger partial charge is 0.123 e. The summed E-state index contributed by atoms with van der Waals surface area (Å²) in [5, 5.41) is 0.428. The fraction of sp³-hybridized carbons (Fsp3) is 1.00. The smallest absolute Gasteiger partial charge is 0.0333 e. The molecular weight excluding hydrogens is 180 g/mol. The molecule has 1 saturated carbocycles. The third-order valence-electron chi connectivity index (χ3n) is 3.38. The highest BCUT2D eigenvalue weighted by molar-refractivity contribution is 6.20. The highest BCUT2D eigenvalue weighted by Crippen LogP contribution is 2.32. The fourth-order valence-electron chi connectivity index (χ4n) is 2.44. The SMILES string of the molecule is CCC(Cl)CCC1CCCC(C)C1. The Labute approximate surface area is 88.1 Å². The van der Waals surface area contributed by atoms with Gasteiger partial charge in [-0.1, -0.05) is 33.1 Å². The minimum Gasteiger partial charge on any atom is -0.123 e. The molecule has 13 heavy (non-hydrogen) atoms. The summed E-state index contributed by atoms with van der Waals surface area (Å²) in [6, 6.07) is 0. The van der Waals surface area contributed by atoms with Crippen LogP contribution in [0.5, 0.6) is 0 Å². The number of hydrogen-bond acceptors (Lipinski definition) is 0. The van der Waals surface area contributed by atoms with E-state index in [4.69, 9.17) is 11.6 Å². The van der Waals surface area contributed by atoms with Crippen molar-refractivity contribution in [2.45, 2.75) is 64.2 Å². The van der Waals surface area contributed by atoms with Crippen LogP contribution >= 0.6 is 11.6 Å². The Hall–Kier alpha value is 0.290. The lowest BCUT2D eigenvalue weighted by atomic mass is 9.80. The molecule has 1 aliphatic carbocycles. The quantitative estimate of drug-likeness (QED) is 0.584. The van der Waals surface area contributed by atoms with Crippen molar-refractivity contribution in [3.8, 4) is 0 Å². The molecule has 0 heterocycles. The molecule has 0 amide bonds. The molecule has 0 spiro atoms. The van der Waals surface area contributed by atoms with Crippen LogP contribution in [-0.4, -0.2) is 5.38 Å². The van der Waals surface area contributed by atoms with Crippen molar-refractivity contribution < 1.29 is 0 Å². The van der Waals surface area contributed by atoms with E-state index in [1.54, 1.807) is 0 Å². The zero-order valence-electron chi connectivity index (χ0n) is 9.06. The summed E-state index contributed by atoms with van der Waals surface area (Å²) in [6.45, 7) is 4.57. The number of alkyl halides is 1. The molecule has 1 fully saturated rings. The van der Waals surface area contributed by atoms with Gasteiger partial charge in [0.2, 0.25) is 0 Å². The molecule has 0 N–H and O–H groups in total. The van der Waals surface area contributed by atoms with Crippen LogP contribution in [0.15, 0.2) is 0 Å². The van der Waals surface area contributed by atoms with Crippen molar-refractivity contribution in [2.75, 3.05) is 0 Å². The van der Waals surface area contributed by atoms with Crippen LogP contribution < -0.4 is 0 Å². The summed E-state index contributed by atoms with van der Waals surface area (Å²) in [7, 11) is 0. The van der Waals surface area contributed by atoms with Gasteiger partial charge in [0, 0.05) is 5.38 Å². The minimum atomic E-state index is 0.428. The van der Waals surface area contributed by atoms with E-state index in [2.05, 4.69) is 13.8 Å². The van der Waals surface area contributed by atoms with Gasteiger partial charge in [-0.3, -0.25) is 0 Å². The molecule has 3 atom stereocenters. The molecule has 0 nitrogen and oxygen atoms in total. The standard InChI is InChI=1S/C12H23Cl/c1-3-12(13)8-7-11-6-4-5-10(2)9-11/h10-12H,3-9H2,1-2H3. The minimum absolute atomic E-state index is 0.428. The molecule has 0 radical (unpaired) electrons. The molecule has 0 bridgehead atoms. The average Bonchev–Trinajstić information content (AvgIpc) is 2.14. The van der Waals surface area contributed by atoms with Gasteiger partial charge in [-0.15, -0.1) is 11.6 Å². The van der Waals surface area contributed by atoms with Gasteiger partial charge >= 0.3 is 0 Å². The summed E-state index contributed by atoms with van der Waals surface area (Å²) < 4.78 is 0. The average molecular weight is 203 g/mol. The van der Waals surface area contributed by atoms with Crippen molar-refractivity contribution in [2.24, 2.45) is 11.8 Å². The Morgan fingerprint density at radius 2 is 2.15 bits per heavy atom. The van der Waals surface area contributed by atoms with E-state index in [0.717, 1.165) is 18.3 Å². The van der Waals surface area contributed by atoms with Gasteiger partial charge in [0.15, 0.2) is 0 Å². The Kier molecular flexibility index (Phi) is 5.16. The molecule has 0 saturated heterocycles. The van der Waals surface area contributed by atoms with Gasteiger partial charge in [-0.2, -0.15) is 0 Å². The van der Waals surface area contributed by atoms with Crippen LogP contribution in [0, 0.1) is 11.8 Å². The van der Waals surface area contributed by atoms with Crippen LogP contribution in [0.4, 0.5) is 0 Å². The van der Waals surface area contributed by atoms with E-state index < -0.39 is 0 Å². The first-order valence-corrected chi connectivity index (χ1v) is 6.30. The molecule has 0 aromatic carbocycles. The van der Waals surface area contributed by atoms with Crippen molar-refractivity contribution in [3.63, 3.8) is 0 Å². The van der Waals surface area contributed by atoms with Crippen LogP contribution in [0.25, 0.3) is 0 Å². The number of rotatable bonds is 4. The number of halogens is 1. The lowest BCUT2D eigenvalue weighted by Gasteiger charge is -2.27. The first-order valence-electron chi connectivity index (χ1n) is 5.86. The Morgan fingerprint density at radius 1 is 1.38 bits per heavy atom. The molecule has 0 aromatic heterocycles. The topological polar surface area (TPSA) is 0 Å². The maximum absolute atomic E-state index is 6.12.